The molecule has 112 valence electrons. The van der Waals surface area contributed by atoms with Gasteiger partial charge < -0.3 is 10.1 Å². The molecule has 0 aliphatic rings. The number of nitrogens with one attached hydrogen (secondary N) is 1. The van der Waals surface area contributed by atoms with Crippen LogP contribution in [-0.2, 0) is 0 Å². The molecule has 0 spiro atoms. The number of carbonyl (C=O) groups excluding carboxylic acids is 1. The maximum Gasteiger partial charge on any atom is 0.176 e. The molecule has 22 heavy (non-hydrogen) atoms. The minimum atomic E-state index is -0.971. The molecule has 3 rings (SSSR count). The maximum absolute atomic E-state index is 13.1. The summed E-state index contributed by atoms with van der Waals surface area (Å²) in [6.45, 7) is 0. The fraction of sp³-hybridized carbons (Fsp3) is 0.0667. The Morgan fingerprint density at radius 1 is 1.23 bits per heavy atom. The summed E-state index contributed by atoms with van der Waals surface area (Å²) >= 11 is 1.10. The van der Waals surface area contributed by atoms with E-state index in [1.165, 1.54) is 12.1 Å². The van der Waals surface area contributed by atoms with E-state index in [2.05, 4.69) is 9.97 Å². The van der Waals surface area contributed by atoms with Crippen LogP contribution >= 0.6 is 11.8 Å². The quantitative estimate of drug-likeness (QED) is 0.570. The van der Waals surface area contributed by atoms with Gasteiger partial charge in [-0.05, 0) is 12.1 Å². The fourth-order valence-electron chi connectivity index (χ4n) is 1.97. The Kier molecular flexibility index (Phi) is 3.81. The molecule has 4 nitrogen and oxygen atoms in total. The lowest BCUT2D eigenvalue weighted by Crippen LogP contribution is -2.02. The van der Waals surface area contributed by atoms with Gasteiger partial charge in [-0.1, -0.05) is 23.9 Å². The van der Waals surface area contributed by atoms with E-state index < -0.39 is 11.6 Å². The van der Waals surface area contributed by atoms with E-state index in [1.54, 1.807) is 12.1 Å². The molecule has 0 aliphatic heterocycles. The van der Waals surface area contributed by atoms with Gasteiger partial charge in [0.25, 0.3) is 0 Å². The predicted octanol–water partition coefficient (Wildman–Crippen LogP) is 3.52. The third-order valence-corrected chi connectivity index (χ3v) is 3.92. The van der Waals surface area contributed by atoms with Gasteiger partial charge in [0.15, 0.2) is 22.6 Å². The number of hydrogen-bond acceptors (Lipinski definition) is 4. The number of ketones is 1. The van der Waals surface area contributed by atoms with Crippen LogP contribution in [0.1, 0.15) is 10.4 Å². The molecule has 0 saturated heterocycles. The molecule has 2 aromatic carbocycles. The van der Waals surface area contributed by atoms with Crippen LogP contribution in [0.5, 0.6) is 5.75 Å². The van der Waals surface area contributed by atoms with Crippen molar-refractivity contribution < 1.29 is 18.7 Å². The van der Waals surface area contributed by atoms with Gasteiger partial charge in [-0.15, -0.1) is 0 Å². The van der Waals surface area contributed by atoms with Gasteiger partial charge in [0.05, 0.1) is 22.3 Å². The minimum Gasteiger partial charge on any atom is -0.507 e. The molecule has 0 atom stereocenters. The van der Waals surface area contributed by atoms with Gasteiger partial charge in [-0.3, -0.25) is 4.79 Å². The average Bonchev–Trinajstić information content (AvgIpc) is 2.87. The van der Waals surface area contributed by atoms with E-state index in [-0.39, 0.29) is 28.4 Å². The molecule has 0 fully saturated rings. The number of halogens is 2. The summed E-state index contributed by atoms with van der Waals surface area (Å²) in [6.07, 6.45) is 0. The minimum absolute atomic E-state index is 0.0440. The first kappa shape index (κ1) is 14.5. The van der Waals surface area contributed by atoms with Crippen LogP contribution in [0.25, 0.3) is 11.0 Å². The van der Waals surface area contributed by atoms with Crippen molar-refractivity contribution in [2.75, 3.05) is 5.75 Å². The number of benzene rings is 2. The second kappa shape index (κ2) is 5.76. The summed E-state index contributed by atoms with van der Waals surface area (Å²) < 4.78 is 26.2. The molecule has 0 aliphatic carbocycles. The Bertz CT molecular complexity index is 825. The highest BCUT2D eigenvalue weighted by molar-refractivity contribution is 7.99. The number of thioether (sulfide) groups is 1. The van der Waals surface area contributed by atoms with Gasteiger partial charge in [0.2, 0.25) is 0 Å². The largest absolute Gasteiger partial charge is 0.507 e. The Labute approximate surface area is 128 Å². The molecule has 3 aromatic rings. The highest BCUT2D eigenvalue weighted by Crippen LogP contribution is 2.24. The number of para-hydroxylation sites is 1. The Morgan fingerprint density at radius 2 is 1.95 bits per heavy atom. The second-order valence-electron chi connectivity index (χ2n) is 4.55. The van der Waals surface area contributed by atoms with Gasteiger partial charge in [0, 0.05) is 12.1 Å². The van der Waals surface area contributed by atoms with Gasteiger partial charge in [-0.25, -0.2) is 13.8 Å². The number of phenolic OH excluding ortho intramolecular Hbond substituents is 1. The van der Waals surface area contributed by atoms with Crippen molar-refractivity contribution in [2.24, 2.45) is 0 Å². The van der Waals surface area contributed by atoms with E-state index >= 15 is 0 Å². The van der Waals surface area contributed by atoms with E-state index in [0.717, 1.165) is 23.9 Å². The Morgan fingerprint density at radius 3 is 2.73 bits per heavy atom. The lowest BCUT2D eigenvalue weighted by molar-refractivity contribution is 0.102. The van der Waals surface area contributed by atoms with Crippen LogP contribution in [-0.4, -0.2) is 26.6 Å². The number of imidazole rings is 1. The average molecular weight is 320 g/mol. The van der Waals surface area contributed by atoms with E-state index in [4.69, 9.17) is 0 Å². The van der Waals surface area contributed by atoms with E-state index in [9.17, 15) is 18.7 Å². The number of hydrogen-bond donors (Lipinski definition) is 2. The second-order valence-corrected chi connectivity index (χ2v) is 5.52. The summed E-state index contributed by atoms with van der Waals surface area (Å²) in [5.41, 5.74) is 0.871. The van der Waals surface area contributed by atoms with Crippen molar-refractivity contribution in [3.63, 3.8) is 0 Å². The maximum atomic E-state index is 13.1. The monoisotopic (exact) mass is 320 g/mol. The van der Waals surface area contributed by atoms with Gasteiger partial charge in [-0.2, -0.15) is 0 Å². The molecule has 2 N–H and O–H groups in total. The number of carbonyl (C=O) groups is 1. The SMILES string of the molecule is O=C(CSc1nc2cc(F)c(F)cc2[nH]1)c1ccccc1O. The molecule has 0 unspecified atom stereocenters. The first-order valence-corrected chi connectivity index (χ1v) is 7.32. The van der Waals surface area contributed by atoms with Crippen LogP contribution in [0.3, 0.4) is 0 Å². The zero-order chi connectivity index (χ0) is 15.7. The molecule has 0 amide bonds. The number of Topliss-reactive ketones (excluding diaryl/α,β-unsaturated/α-hetero) is 1. The molecular formula is C15H10F2N2O2S. The van der Waals surface area contributed by atoms with Crippen LogP contribution < -0.4 is 0 Å². The summed E-state index contributed by atoms with van der Waals surface area (Å²) in [5, 5.41) is 10.00. The van der Waals surface area contributed by atoms with Crippen molar-refractivity contribution in [1.29, 1.82) is 0 Å². The predicted molar refractivity (Wildman–Crippen MR) is 79.2 cm³/mol. The van der Waals surface area contributed by atoms with E-state index in [0.29, 0.717) is 10.7 Å². The third kappa shape index (κ3) is 2.80. The molecular weight excluding hydrogens is 310 g/mol. The topological polar surface area (TPSA) is 66.0 Å². The highest BCUT2D eigenvalue weighted by atomic mass is 32.2. The summed E-state index contributed by atoms with van der Waals surface area (Å²) in [5.74, 6) is -2.23. The number of aromatic amines is 1. The number of H-pyrrole nitrogens is 1. The standard InChI is InChI=1S/C15H10F2N2O2S/c16-9-5-11-12(6-10(9)17)19-15(18-11)22-7-14(21)8-3-1-2-4-13(8)20/h1-6,20H,7H2,(H,18,19). The Balaban J connectivity index is 1.77. The van der Waals surface area contributed by atoms with Crippen LogP contribution in [0.15, 0.2) is 41.6 Å². The lowest BCUT2D eigenvalue weighted by atomic mass is 10.1. The van der Waals surface area contributed by atoms with Crippen molar-refractivity contribution in [3.05, 3.63) is 53.6 Å². The lowest BCUT2D eigenvalue weighted by Gasteiger charge is -2.01. The van der Waals surface area contributed by atoms with Crippen molar-refractivity contribution in [3.8, 4) is 5.75 Å². The zero-order valence-electron chi connectivity index (χ0n) is 11.1. The number of nitrogens with zero attached hydrogens (tertiary/aromatic N) is 1. The molecule has 1 aromatic heterocycles. The molecule has 7 heteroatoms. The van der Waals surface area contributed by atoms with Crippen molar-refractivity contribution >= 4 is 28.6 Å². The van der Waals surface area contributed by atoms with Crippen LogP contribution in [0, 0.1) is 11.6 Å². The van der Waals surface area contributed by atoms with Crippen molar-refractivity contribution in [2.45, 2.75) is 5.16 Å². The van der Waals surface area contributed by atoms with Gasteiger partial charge >= 0.3 is 0 Å². The number of aromatic nitrogens is 2. The first-order chi connectivity index (χ1) is 10.5. The smallest absolute Gasteiger partial charge is 0.176 e. The molecule has 1 heterocycles. The van der Waals surface area contributed by atoms with E-state index in [1.807, 2.05) is 0 Å². The Hall–Kier alpha value is -2.41. The molecule has 0 saturated carbocycles. The van der Waals surface area contributed by atoms with Gasteiger partial charge in [0.1, 0.15) is 5.75 Å². The fourth-order valence-corrected chi connectivity index (χ4v) is 2.74. The summed E-state index contributed by atoms with van der Waals surface area (Å²) in [6, 6.07) is 8.26. The summed E-state index contributed by atoms with van der Waals surface area (Å²) in [7, 11) is 0. The first-order valence-electron chi connectivity index (χ1n) is 6.33. The highest BCUT2D eigenvalue weighted by Gasteiger charge is 2.13. The molecule has 0 radical (unpaired) electrons. The summed E-state index contributed by atoms with van der Waals surface area (Å²) in [4.78, 5) is 18.9. The number of aromatic hydroxyl groups is 1. The van der Waals surface area contributed by atoms with Crippen LogP contribution in [0.2, 0.25) is 0 Å². The number of phenols is 1. The molecule has 0 bridgehead atoms. The zero-order valence-corrected chi connectivity index (χ0v) is 12.0. The van der Waals surface area contributed by atoms with Crippen molar-refractivity contribution in [1.82, 2.24) is 9.97 Å². The number of fused-ring (bicyclic) bond motifs is 1. The third-order valence-electron chi connectivity index (χ3n) is 3.05. The number of rotatable bonds is 4. The van der Waals surface area contributed by atoms with Crippen LogP contribution in [0.4, 0.5) is 8.78 Å². The normalized spacial score (nSPS) is 11.0.